The van der Waals surface area contributed by atoms with Crippen LogP contribution in [-0.2, 0) is 16.1 Å². The van der Waals surface area contributed by atoms with E-state index < -0.39 is 0 Å². The summed E-state index contributed by atoms with van der Waals surface area (Å²) in [4.78, 5) is 15.3. The first-order valence-electron chi connectivity index (χ1n) is 11.9. The largest absolute Gasteiger partial charge is 0.493 e. The number of benzene rings is 3. The second-order valence-corrected chi connectivity index (χ2v) is 8.85. The Morgan fingerprint density at radius 3 is 2.50 bits per heavy atom. The van der Waals surface area contributed by atoms with Crippen molar-refractivity contribution in [3.8, 4) is 5.75 Å². The van der Waals surface area contributed by atoms with Gasteiger partial charge in [-0.2, -0.15) is 10.2 Å². The molecule has 5 rings (SSSR count). The van der Waals surface area contributed by atoms with Crippen molar-refractivity contribution >= 4 is 17.3 Å². The van der Waals surface area contributed by atoms with Gasteiger partial charge in [-0.05, 0) is 48.7 Å². The van der Waals surface area contributed by atoms with Gasteiger partial charge in [-0.1, -0.05) is 55.5 Å². The van der Waals surface area contributed by atoms with Crippen molar-refractivity contribution < 1.29 is 14.3 Å². The van der Waals surface area contributed by atoms with Crippen LogP contribution in [0.1, 0.15) is 36.9 Å². The van der Waals surface area contributed by atoms with Gasteiger partial charge in [-0.15, -0.1) is 0 Å². The lowest BCUT2D eigenvalue weighted by Crippen LogP contribution is -2.39. The molecule has 0 N–H and O–H groups in total. The lowest BCUT2D eigenvalue weighted by molar-refractivity contribution is -0.149. The quantitative estimate of drug-likeness (QED) is 0.306. The molecular weight excluding hydrogens is 426 g/mol. The molecule has 3 aromatic carbocycles. The minimum Gasteiger partial charge on any atom is -0.493 e. The van der Waals surface area contributed by atoms with E-state index in [1.807, 2.05) is 67.6 Å². The smallest absolute Gasteiger partial charge is 0.323 e. The third-order valence-electron chi connectivity index (χ3n) is 6.46. The lowest BCUT2D eigenvalue weighted by atomic mass is 9.90. The van der Waals surface area contributed by atoms with Crippen LogP contribution >= 0.6 is 0 Å². The number of carbonyl (C=O) groups is 1. The van der Waals surface area contributed by atoms with Crippen LogP contribution < -0.4 is 4.74 Å². The van der Waals surface area contributed by atoms with Crippen LogP contribution in [0.5, 0.6) is 5.75 Å². The zero-order chi connectivity index (χ0) is 23.3. The minimum absolute atomic E-state index is 0.0509. The number of carbonyl (C=O) groups excluding carboxylic acids is 1. The van der Waals surface area contributed by atoms with Crippen molar-refractivity contribution in [1.29, 1.82) is 0 Å². The number of likely N-dealkylation sites (tertiary alicyclic amines) is 1. The number of azo groups is 1. The third kappa shape index (κ3) is 4.73. The summed E-state index contributed by atoms with van der Waals surface area (Å²) in [5, 5.41) is 8.83. The van der Waals surface area contributed by atoms with E-state index >= 15 is 0 Å². The highest BCUT2D eigenvalue weighted by molar-refractivity contribution is 5.76. The fraction of sp³-hybridized carbons (Fsp3) is 0.321. The molecule has 2 aliphatic rings. The van der Waals surface area contributed by atoms with E-state index in [0.29, 0.717) is 19.8 Å². The van der Waals surface area contributed by atoms with Crippen molar-refractivity contribution in [2.45, 2.75) is 38.4 Å². The molecule has 0 spiro atoms. The van der Waals surface area contributed by atoms with Gasteiger partial charge in [0.1, 0.15) is 11.8 Å². The van der Waals surface area contributed by atoms with Gasteiger partial charge in [-0.25, -0.2) is 0 Å². The Balaban J connectivity index is 1.47. The first-order valence-corrected chi connectivity index (χ1v) is 11.9. The SMILES string of the molecule is CCCOC(=O)[C@H]1C[C@@H]2COc3ccc(N=Nc4ccccc4)cc3[C@@H]2N1Cc1ccccc1. The zero-order valence-electron chi connectivity index (χ0n) is 19.3. The Morgan fingerprint density at radius 1 is 1.00 bits per heavy atom. The van der Waals surface area contributed by atoms with Gasteiger partial charge >= 0.3 is 5.97 Å². The fourth-order valence-corrected chi connectivity index (χ4v) is 4.91. The Kier molecular flexibility index (Phi) is 6.67. The maximum absolute atomic E-state index is 13.0. The van der Waals surface area contributed by atoms with E-state index in [9.17, 15) is 4.79 Å². The van der Waals surface area contributed by atoms with Gasteiger partial charge in [0.15, 0.2) is 0 Å². The number of esters is 1. The molecule has 3 aromatic rings. The molecule has 0 radical (unpaired) electrons. The van der Waals surface area contributed by atoms with E-state index in [-0.39, 0.29) is 24.0 Å². The normalized spacial score (nSPS) is 21.6. The van der Waals surface area contributed by atoms with Crippen LogP contribution in [0.4, 0.5) is 11.4 Å². The van der Waals surface area contributed by atoms with Gasteiger partial charge in [0.25, 0.3) is 0 Å². The van der Waals surface area contributed by atoms with Gasteiger partial charge in [-0.3, -0.25) is 9.69 Å². The Bertz CT molecular complexity index is 1150. The predicted octanol–water partition coefficient (Wildman–Crippen LogP) is 6.38. The summed E-state index contributed by atoms with van der Waals surface area (Å²) < 4.78 is 11.7. The molecule has 1 fully saturated rings. The second-order valence-electron chi connectivity index (χ2n) is 8.85. The van der Waals surface area contributed by atoms with E-state index in [0.717, 1.165) is 35.5 Å². The Hall–Kier alpha value is -3.51. The molecule has 174 valence electrons. The lowest BCUT2D eigenvalue weighted by Gasteiger charge is -2.35. The summed E-state index contributed by atoms with van der Waals surface area (Å²) in [5.41, 5.74) is 3.80. The Morgan fingerprint density at radius 2 is 1.74 bits per heavy atom. The third-order valence-corrected chi connectivity index (χ3v) is 6.46. The highest BCUT2D eigenvalue weighted by atomic mass is 16.5. The molecule has 0 aromatic heterocycles. The molecule has 3 atom stereocenters. The molecule has 2 aliphatic heterocycles. The van der Waals surface area contributed by atoms with Crippen LogP contribution in [0.3, 0.4) is 0 Å². The number of hydrogen-bond acceptors (Lipinski definition) is 6. The fourth-order valence-electron chi connectivity index (χ4n) is 4.91. The number of hydrogen-bond donors (Lipinski definition) is 0. The summed E-state index contributed by atoms with van der Waals surface area (Å²) in [5.74, 6) is 0.908. The molecule has 0 bridgehead atoms. The molecule has 2 heterocycles. The molecule has 0 saturated carbocycles. The average Bonchev–Trinajstić information content (AvgIpc) is 3.26. The first kappa shape index (κ1) is 22.3. The average molecular weight is 456 g/mol. The van der Waals surface area contributed by atoms with Crippen molar-refractivity contribution in [2.24, 2.45) is 16.1 Å². The summed E-state index contributed by atoms with van der Waals surface area (Å²) in [6.45, 7) is 3.72. The summed E-state index contributed by atoms with van der Waals surface area (Å²) in [7, 11) is 0. The predicted molar refractivity (Wildman–Crippen MR) is 130 cm³/mol. The van der Waals surface area contributed by atoms with Crippen LogP contribution in [0, 0.1) is 5.92 Å². The van der Waals surface area contributed by atoms with Crippen LogP contribution in [-0.4, -0.2) is 30.1 Å². The molecule has 0 amide bonds. The van der Waals surface area contributed by atoms with Gasteiger partial charge in [0.2, 0.25) is 0 Å². The monoisotopic (exact) mass is 455 g/mol. The first-order chi connectivity index (χ1) is 16.7. The van der Waals surface area contributed by atoms with Crippen molar-refractivity contribution in [1.82, 2.24) is 4.90 Å². The number of nitrogens with zero attached hydrogens (tertiary/aromatic N) is 3. The highest BCUT2D eigenvalue weighted by Crippen LogP contribution is 2.49. The van der Waals surface area contributed by atoms with Crippen LogP contribution in [0.15, 0.2) is 89.1 Å². The van der Waals surface area contributed by atoms with E-state index in [4.69, 9.17) is 9.47 Å². The van der Waals surface area contributed by atoms with E-state index in [2.05, 4.69) is 33.3 Å². The molecule has 6 nitrogen and oxygen atoms in total. The maximum atomic E-state index is 13.0. The van der Waals surface area contributed by atoms with Gasteiger partial charge in [0, 0.05) is 24.1 Å². The zero-order valence-corrected chi connectivity index (χ0v) is 19.3. The summed E-state index contributed by atoms with van der Waals surface area (Å²) >= 11 is 0. The van der Waals surface area contributed by atoms with E-state index in [1.165, 1.54) is 5.56 Å². The van der Waals surface area contributed by atoms with Crippen molar-refractivity contribution in [3.63, 3.8) is 0 Å². The standard InChI is InChI=1S/C28H29N3O3/c1-2-15-33-28(32)25-16-21-19-34-26-14-13-23(30-29-22-11-7-4-8-12-22)17-24(26)27(21)31(25)18-20-9-5-3-6-10-20/h3-14,17,21,25,27H,2,15-16,18-19H2,1H3/t21-,25-,27-/m1/s1. The highest BCUT2D eigenvalue weighted by Gasteiger charge is 2.48. The van der Waals surface area contributed by atoms with Crippen LogP contribution in [0.25, 0.3) is 0 Å². The number of rotatable bonds is 7. The number of fused-ring (bicyclic) bond motifs is 3. The molecular formula is C28H29N3O3. The van der Waals surface area contributed by atoms with E-state index in [1.54, 1.807) is 0 Å². The second kappa shape index (κ2) is 10.2. The molecule has 34 heavy (non-hydrogen) atoms. The Labute approximate surface area is 200 Å². The molecule has 1 saturated heterocycles. The summed E-state index contributed by atoms with van der Waals surface area (Å²) in [6, 6.07) is 25.7. The van der Waals surface area contributed by atoms with Gasteiger partial charge < -0.3 is 9.47 Å². The molecule has 0 unspecified atom stereocenters. The number of ether oxygens (including phenoxy) is 2. The van der Waals surface area contributed by atoms with Crippen molar-refractivity contribution in [2.75, 3.05) is 13.2 Å². The van der Waals surface area contributed by atoms with Crippen LogP contribution in [0.2, 0.25) is 0 Å². The minimum atomic E-state index is -0.300. The topological polar surface area (TPSA) is 63.5 Å². The van der Waals surface area contributed by atoms with Gasteiger partial charge in [0.05, 0.1) is 24.6 Å². The maximum Gasteiger partial charge on any atom is 0.323 e. The molecule has 0 aliphatic carbocycles. The molecule has 6 heteroatoms. The van der Waals surface area contributed by atoms with Crippen molar-refractivity contribution in [3.05, 3.63) is 90.0 Å². The summed E-state index contributed by atoms with van der Waals surface area (Å²) in [6.07, 6.45) is 1.53.